The molecular formula is C21H26FN3O3. The molecule has 0 aromatic carbocycles. The molecule has 1 unspecified atom stereocenters. The Morgan fingerprint density at radius 1 is 1.25 bits per heavy atom. The maximum absolute atomic E-state index is 14.6. The lowest BCUT2D eigenvalue weighted by Crippen LogP contribution is -2.27. The predicted octanol–water partition coefficient (Wildman–Crippen LogP) is 3.33. The third-order valence-electron chi connectivity index (χ3n) is 5.50. The standard InChI is InChI=1S/C21H26FN3O3/c1-13-8-16(10-19(23-13)26-3)9-15-4-5-25(12-15)14(2)20-17(22)11-18-21(24-20)28-7-6-27-18/h8,10-11,14-15H,4-7,9,12H2,1-3H3/t14?,15-/m1/s1. The molecule has 2 aromatic heterocycles. The van der Waals surface area contributed by atoms with Crippen LogP contribution in [-0.2, 0) is 6.42 Å². The summed E-state index contributed by atoms with van der Waals surface area (Å²) in [6.07, 6.45) is 2.03. The lowest BCUT2D eigenvalue weighted by atomic mass is 9.99. The van der Waals surface area contributed by atoms with Crippen LogP contribution in [0.5, 0.6) is 17.5 Å². The number of hydrogen-bond donors (Lipinski definition) is 0. The average Bonchev–Trinajstić information content (AvgIpc) is 3.14. The maximum atomic E-state index is 14.6. The molecule has 2 aliphatic rings. The Balaban J connectivity index is 1.45. The highest BCUT2D eigenvalue weighted by Crippen LogP contribution is 2.35. The van der Waals surface area contributed by atoms with Gasteiger partial charge in [-0.3, -0.25) is 4.90 Å². The number of aryl methyl sites for hydroxylation is 1. The Kier molecular flexibility index (Phi) is 5.35. The second-order valence-electron chi connectivity index (χ2n) is 7.54. The van der Waals surface area contributed by atoms with Crippen LogP contribution in [-0.4, -0.2) is 48.3 Å². The molecule has 6 nitrogen and oxygen atoms in total. The van der Waals surface area contributed by atoms with Gasteiger partial charge in [0.05, 0.1) is 18.8 Å². The Bertz CT molecular complexity index is 861. The van der Waals surface area contributed by atoms with Gasteiger partial charge in [-0.2, -0.15) is 0 Å². The zero-order valence-corrected chi connectivity index (χ0v) is 16.6. The fourth-order valence-corrected chi connectivity index (χ4v) is 4.08. The minimum Gasteiger partial charge on any atom is -0.484 e. The zero-order chi connectivity index (χ0) is 19.7. The topological polar surface area (TPSA) is 56.7 Å². The lowest BCUT2D eigenvalue weighted by Gasteiger charge is -2.26. The Labute approximate surface area is 164 Å². The van der Waals surface area contributed by atoms with Crippen LogP contribution in [0.2, 0.25) is 0 Å². The van der Waals surface area contributed by atoms with Crippen LogP contribution in [0.15, 0.2) is 18.2 Å². The minimum absolute atomic E-state index is 0.116. The first-order chi connectivity index (χ1) is 13.5. The summed E-state index contributed by atoms with van der Waals surface area (Å²) in [5, 5.41) is 0. The van der Waals surface area contributed by atoms with Gasteiger partial charge in [0.15, 0.2) is 5.75 Å². The van der Waals surface area contributed by atoms with Gasteiger partial charge < -0.3 is 14.2 Å². The van der Waals surface area contributed by atoms with Gasteiger partial charge in [0.2, 0.25) is 5.88 Å². The number of halogens is 1. The van der Waals surface area contributed by atoms with E-state index in [1.807, 2.05) is 19.9 Å². The number of fused-ring (bicyclic) bond motifs is 1. The van der Waals surface area contributed by atoms with E-state index in [4.69, 9.17) is 14.2 Å². The molecule has 1 fully saturated rings. The fraction of sp³-hybridized carbons (Fsp3) is 0.524. The molecule has 2 aliphatic heterocycles. The van der Waals surface area contributed by atoms with Crippen molar-refractivity contribution >= 4 is 0 Å². The summed E-state index contributed by atoms with van der Waals surface area (Å²) in [5.41, 5.74) is 2.61. The van der Waals surface area contributed by atoms with Crippen molar-refractivity contribution in [2.24, 2.45) is 5.92 Å². The highest BCUT2D eigenvalue weighted by atomic mass is 19.1. The van der Waals surface area contributed by atoms with Crippen molar-refractivity contribution in [1.82, 2.24) is 14.9 Å². The van der Waals surface area contributed by atoms with E-state index in [0.29, 0.717) is 42.3 Å². The van der Waals surface area contributed by atoms with Crippen molar-refractivity contribution in [2.45, 2.75) is 32.7 Å². The van der Waals surface area contributed by atoms with Crippen LogP contribution in [0.3, 0.4) is 0 Å². The first-order valence-corrected chi connectivity index (χ1v) is 9.75. The van der Waals surface area contributed by atoms with E-state index < -0.39 is 0 Å². The molecule has 2 atom stereocenters. The first-order valence-electron chi connectivity index (χ1n) is 9.75. The van der Waals surface area contributed by atoms with Crippen LogP contribution in [0.25, 0.3) is 0 Å². The third-order valence-corrected chi connectivity index (χ3v) is 5.50. The second kappa shape index (κ2) is 7.91. The van der Waals surface area contributed by atoms with E-state index in [0.717, 1.165) is 31.6 Å². The number of likely N-dealkylation sites (tertiary alicyclic amines) is 1. The van der Waals surface area contributed by atoms with Crippen molar-refractivity contribution in [3.8, 4) is 17.5 Å². The fourth-order valence-electron chi connectivity index (χ4n) is 4.08. The van der Waals surface area contributed by atoms with Crippen LogP contribution in [0.4, 0.5) is 4.39 Å². The molecule has 0 spiro atoms. The normalized spacial score (nSPS) is 20.2. The van der Waals surface area contributed by atoms with E-state index in [2.05, 4.69) is 20.9 Å². The molecule has 7 heteroatoms. The maximum Gasteiger partial charge on any atom is 0.257 e. The van der Waals surface area contributed by atoms with Gasteiger partial charge in [-0.05, 0) is 50.8 Å². The highest BCUT2D eigenvalue weighted by Gasteiger charge is 2.30. The van der Waals surface area contributed by atoms with E-state index in [9.17, 15) is 4.39 Å². The quantitative estimate of drug-likeness (QED) is 0.784. The molecular weight excluding hydrogens is 361 g/mol. The van der Waals surface area contributed by atoms with Crippen molar-refractivity contribution in [1.29, 1.82) is 0 Å². The van der Waals surface area contributed by atoms with Crippen molar-refractivity contribution in [3.63, 3.8) is 0 Å². The molecule has 0 aliphatic carbocycles. The number of hydrogen-bond acceptors (Lipinski definition) is 6. The van der Waals surface area contributed by atoms with Crippen molar-refractivity contribution < 1.29 is 18.6 Å². The van der Waals surface area contributed by atoms with Gasteiger partial charge in [0, 0.05) is 24.4 Å². The van der Waals surface area contributed by atoms with Crippen LogP contribution >= 0.6 is 0 Å². The number of nitrogens with zero attached hydrogens (tertiary/aromatic N) is 3. The zero-order valence-electron chi connectivity index (χ0n) is 16.6. The van der Waals surface area contributed by atoms with E-state index in [1.165, 1.54) is 11.6 Å². The largest absolute Gasteiger partial charge is 0.484 e. The average molecular weight is 387 g/mol. The number of pyridine rings is 2. The summed E-state index contributed by atoms with van der Waals surface area (Å²) in [5.74, 6) is 1.61. The summed E-state index contributed by atoms with van der Waals surface area (Å²) < 4.78 is 30.8. The number of ether oxygens (including phenoxy) is 3. The summed E-state index contributed by atoms with van der Waals surface area (Å²) in [6, 6.07) is 5.39. The summed E-state index contributed by atoms with van der Waals surface area (Å²) in [7, 11) is 1.64. The molecule has 1 saturated heterocycles. The van der Waals surface area contributed by atoms with E-state index >= 15 is 0 Å². The summed E-state index contributed by atoms with van der Waals surface area (Å²) in [4.78, 5) is 11.1. The molecule has 4 rings (SSSR count). The second-order valence-corrected chi connectivity index (χ2v) is 7.54. The van der Waals surface area contributed by atoms with Crippen molar-refractivity contribution in [3.05, 3.63) is 41.0 Å². The van der Waals surface area contributed by atoms with Gasteiger partial charge in [-0.15, -0.1) is 0 Å². The lowest BCUT2D eigenvalue weighted by molar-refractivity contribution is 0.160. The highest BCUT2D eigenvalue weighted by molar-refractivity contribution is 5.37. The van der Waals surface area contributed by atoms with Crippen LogP contribution < -0.4 is 14.2 Å². The molecule has 0 bridgehead atoms. The van der Waals surface area contributed by atoms with Crippen LogP contribution in [0, 0.1) is 18.7 Å². The molecule has 0 radical (unpaired) electrons. The molecule has 150 valence electrons. The van der Waals surface area contributed by atoms with Crippen molar-refractivity contribution in [2.75, 3.05) is 33.4 Å². The molecule has 0 N–H and O–H groups in total. The molecule has 28 heavy (non-hydrogen) atoms. The van der Waals surface area contributed by atoms with Gasteiger partial charge in [0.25, 0.3) is 5.88 Å². The van der Waals surface area contributed by atoms with E-state index in [-0.39, 0.29) is 11.9 Å². The Hall–Kier alpha value is -2.41. The smallest absolute Gasteiger partial charge is 0.257 e. The monoisotopic (exact) mass is 387 g/mol. The number of aromatic nitrogens is 2. The summed E-state index contributed by atoms with van der Waals surface area (Å²) in [6.45, 7) is 6.67. The SMILES string of the molecule is COc1cc(C[C@H]2CCN(C(C)c3nc4c(cc3F)OCCO4)C2)cc(C)n1. The Morgan fingerprint density at radius 2 is 2.07 bits per heavy atom. The van der Waals surface area contributed by atoms with Gasteiger partial charge >= 0.3 is 0 Å². The van der Waals surface area contributed by atoms with Gasteiger partial charge in [-0.1, -0.05) is 0 Å². The van der Waals surface area contributed by atoms with Gasteiger partial charge in [0.1, 0.15) is 19.0 Å². The van der Waals surface area contributed by atoms with E-state index in [1.54, 1.807) is 7.11 Å². The molecule has 4 heterocycles. The number of methoxy groups -OCH3 is 1. The van der Waals surface area contributed by atoms with Gasteiger partial charge in [-0.25, -0.2) is 14.4 Å². The minimum atomic E-state index is -0.338. The predicted molar refractivity (Wildman–Crippen MR) is 103 cm³/mol. The number of rotatable bonds is 5. The summed E-state index contributed by atoms with van der Waals surface area (Å²) >= 11 is 0. The Morgan fingerprint density at radius 3 is 2.89 bits per heavy atom. The first kappa shape index (κ1) is 18.9. The molecule has 0 saturated carbocycles. The molecule has 0 amide bonds. The van der Waals surface area contributed by atoms with Crippen LogP contribution in [0.1, 0.15) is 36.3 Å². The molecule has 2 aromatic rings. The third kappa shape index (κ3) is 3.90.